The van der Waals surface area contributed by atoms with Crippen LogP contribution in [0.25, 0.3) is 10.9 Å². The fraction of sp³-hybridized carbons (Fsp3) is 0.0625. The summed E-state index contributed by atoms with van der Waals surface area (Å²) in [6.45, 7) is 0. The predicted octanol–water partition coefficient (Wildman–Crippen LogP) is 4.04. The number of aromatic amines is 1. The van der Waals surface area contributed by atoms with Gasteiger partial charge in [0.15, 0.2) is 0 Å². The van der Waals surface area contributed by atoms with Gasteiger partial charge in [-0.1, -0.05) is 30.3 Å². The molecule has 0 saturated carbocycles. The van der Waals surface area contributed by atoms with Crippen LogP contribution in [0, 0.1) is 5.82 Å². The van der Waals surface area contributed by atoms with Crippen LogP contribution in [-0.4, -0.2) is 10.9 Å². The molecular weight excluding hydrogens is 293 g/mol. The second-order valence-electron chi connectivity index (χ2n) is 4.76. The maximum atomic E-state index is 12.9. The third kappa shape index (κ3) is 2.32. The molecule has 1 aliphatic heterocycles. The highest BCUT2D eigenvalue weighted by Crippen LogP contribution is 2.39. The Morgan fingerprint density at radius 3 is 2.36 bits per heavy atom. The number of fused-ring (bicyclic) bond motifs is 2. The molecule has 0 saturated heterocycles. The molecule has 3 aromatic rings. The molecule has 6 heteroatoms. The molecule has 0 aliphatic carbocycles. The van der Waals surface area contributed by atoms with Crippen molar-refractivity contribution >= 4 is 22.5 Å². The van der Waals surface area contributed by atoms with Gasteiger partial charge < -0.3 is 10.3 Å². The smallest absolute Gasteiger partial charge is 0.352 e. The summed E-state index contributed by atoms with van der Waals surface area (Å²) in [6, 6.07) is 13.1. The number of hydrogen-bond donors (Lipinski definition) is 2. The molecule has 0 atom stereocenters. The lowest BCUT2D eigenvalue weighted by Gasteiger charge is -2.04. The molecule has 4 rings (SSSR count). The fourth-order valence-corrected chi connectivity index (χ4v) is 2.23. The summed E-state index contributed by atoms with van der Waals surface area (Å²) in [7, 11) is 0. The minimum Gasteiger partial charge on any atom is -0.359 e. The Kier molecular flexibility index (Phi) is 3.36. The molecule has 2 N–H and O–H groups in total. The number of nitrogens with one attached hydrogen (secondary N) is 2. The van der Waals surface area contributed by atoms with Crippen molar-refractivity contribution in [2.45, 2.75) is 5.92 Å². The van der Waals surface area contributed by atoms with Gasteiger partial charge in [0.1, 0.15) is 5.82 Å². The van der Waals surface area contributed by atoms with E-state index in [9.17, 15) is 18.0 Å². The van der Waals surface area contributed by atoms with E-state index < -0.39 is 11.8 Å². The van der Waals surface area contributed by atoms with Crippen LogP contribution < -0.4 is 5.32 Å². The summed E-state index contributed by atoms with van der Waals surface area (Å²) >= 11 is 0. The van der Waals surface area contributed by atoms with E-state index in [1.807, 2.05) is 18.2 Å². The third-order valence-electron chi connectivity index (χ3n) is 3.34. The van der Waals surface area contributed by atoms with Gasteiger partial charge in [0, 0.05) is 17.1 Å². The fourth-order valence-electron chi connectivity index (χ4n) is 2.23. The molecule has 0 fully saturated rings. The summed E-state index contributed by atoms with van der Waals surface area (Å²) in [5.74, 6) is -4.80. The zero-order valence-corrected chi connectivity index (χ0v) is 11.2. The average molecular weight is 304 g/mol. The topological polar surface area (TPSA) is 44.9 Å². The van der Waals surface area contributed by atoms with Crippen LogP contribution in [-0.2, 0) is 10.7 Å². The number of para-hydroxylation sites is 2. The number of carbonyl (C=O) groups excluding carboxylic acids is 1. The molecule has 3 nitrogen and oxygen atoms in total. The van der Waals surface area contributed by atoms with Crippen LogP contribution in [0.3, 0.4) is 0 Å². The highest BCUT2D eigenvalue weighted by molar-refractivity contribution is 6.03. The molecule has 1 aromatic heterocycles. The van der Waals surface area contributed by atoms with Crippen LogP contribution in [0.1, 0.15) is 5.56 Å². The molecule has 0 spiro atoms. The van der Waals surface area contributed by atoms with Gasteiger partial charge >= 0.3 is 5.92 Å². The Balaban J connectivity index is 0.000000133. The van der Waals surface area contributed by atoms with Crippen molar-refractivity contribution in [3.05, 3.63) is 66.1 Å². The Morgan fingerprint density at radius 2 is 1.64 bits per heavy atom. The minimum atomic E-state index is -3.36. The van der Waals surface area contributed by atoms with Crippen molar-refractivity contribution in [2.75, 3.05) is 5.32 Å². The van der Waals surface area contributed by atoms with E-state index in [4.69, 9.17) is 0 Å². The SMILES string of the molecule is Fc1c[nH]c2ccccc12.O=C1Nc2ccccc2C1(F)F. The normalized spacial score (nSPS) is 15.0. The number of alkyl halides is 2. The number of halogens is 3. The largest absolute Gasteiger partial charge is 0.359 e. The van der Waals surface area contributed by atoms with Gasteiger partial charge in [-0.15, -0.1) is 0 Å². The number of hydrogen-bond acceptors (Lipinski definition) is 1. The van der Waals surface area contributed by atoms with E-state index in [2.05, 4.69) is 10.3 Å². The van der Waals surface area contributed by atoms with Crippen molar-refractivity contribution in [2.24, 2.45) is 0 Å². The zero-order chi connectivity index (χ0) is 15.7. The summed E-state index contributed by atoms with van der Waals surface area (Å²) in [6.07, 6.45) is 1.37. The van der Waals surface area contributed by atoms with Gasteiger partial charge in [-0.3, -0.25) is 4.79 Å². The van der Waals surface area contributed by atoms with E-state index in [0.29, 0.717) is 5.39 Å². The van der Waals surface area contributed by atoms with E-state index in [1.165, 1.54) is 24.4 Å². The Hall–Kier alpha value is -2.76. The lowest BCUT2D eigenvalue weighted by atomic mass is 10.1. The molecule has 0 unspecified atom stereocenters. The lowest BCUT2D eigenvalue weighted by molar-refractivity contribution is -0.139. The maximum Gasteiger partial charge on any atom is 0.352 e. The number of H-pyrrole nitrogens is 1. The number of anilines is 1. The number of amides is 1. The number of carbonyl (C=O) groups is 1. The first kappa shape index (κ1) is 14.2. The van der Waals surface area contributed by atoms with Gasteiger partial charge in [-0.25, -0.2) is 4.39 Å². The average Bonchev–Trinajstić information content (AvgIpc) is 3.00. The molecule has 112 valence electrons. The quantitative estimate of drug-likeness (QED) is 0.647. The van der Waals surface area contributed by atoms with Crippen LogP contribution in [0.5, 0.6) is 0 Å². The summed E-state index contributed by atoms with van der Waals surface area (Å²) in [4.78, 5) is 13.5. The predicted molar refractivity (Wildman–Crippen MR) is 77.2 cm³/mol. The van der Waals surface area contributed by atoms with Gasteiger partial charge in [-0.2, -0.15) is 8.78 Å². The highest BCUT2D eigenvalue weighted by atomic mass is 19.3. The first-order valence-corrected chi connectivity index (χ1v) is 6.50. The molecule has 0 bridgehead atoms. The van der Waals surface area contributed by atoms with Gasteiger partial charge in [-0.05, 0) is 18.2 Å². The molecular formula is C16H11F3N2O. The first-order valence-electron chi connectivity index (χ1n) is 6.50. The standard InChI is InChI=1S/C8H5F2NO.C8H6FN/c9-8(10)5-3-1-2-4-6(5)11-7(8)12;9-7-5-10-8-4-2-1-3-6(7)8/h1-4H,(H,11,12);1-5,10H. The lowest BCUT2D eigenvalue weighted by Crippen LogP contribution is -2.23. The van der Waals surface area contributed by atoms with Crippen molar-refractivity contribution in [3.63, 3.8) is 0 Å². The van der Waals surface area contributed by atoms with Gasteiger partial charge in [0.05, 0.1) is 11.3 Å². The van der Waals surface area contributed by atoms with E-state index in [0.717, 1.165) is 5.52 Å². The molecule has 22 heavy (non-hydrogen) atoms. The van der Waals surface area contributed by atoms with E-state index in [1.54, 1.807) is 12.1 Å². The van der Waals surface area contributed by atoms with Crippen molar-refractivity contribution in [3.8, 4) is 0 Å². The highest BCUT2D eigenvalue weighted by Gasteiger charge is 2.47. The van der Waals surface area contributed by atoms with E-state index >= 15 is 0 Å². The summed E-state index contributed by atoms with van der Waals surface area (Å²) in [5, 5.41) is 2.75. The molecule has 2 heterocycles. The molecule has 1 aliphatic rings. The van der Waals surface area contributed by atoms with Crippen LogP contribution in [0.15, 0.2) is 54.7 Å². The van der Waals surface area contributed by atoms with Gasteiger partial charge in [0.2, 0.25) is 0 Å². The number of rotatable bonds is 0. The second kappa shape index (κ2) is 5.22. The first-order chi connectivity index (χ1) is 10.5. The Bertz CT molecular complexity index is 842. The maximum absolute atomic E-state index is 12.9. The number of benzene rings is 2. The molecule has 0 radical (unpaired) electrons. The van der Waals surface area contributed by atoms with Crippen molar-refractivity contribution in [1.29, 1.82) is 0 Å². The summed E-state index contributed by atoms with van der Waals surface area (Å²) in [5.41, 5.74) is 0.808. The third-order valence-corrected chi connectivity index (χ3v) is 3.34. The molecule has 2 aromatic carbocycles. The van der Waals surface area contributed by atoms with Crippen molar-refractivity contribution < 1.29 is 18.0 Å². The zero-order valence-electron chi connectivity index (χ0n) is 11.2. The molecule has 1 amide bonds. The van der Waals surface area contributed by atoms with Crippen LogP contribution >= 0.6 is 0 Å². The van der Waals surface area contributed by atoms with Crippen LogP contribution in [0.4, 0.5) is 18.9 Å². The van der Waals surface area contributed by atoms with Gasteiger partial charge in [0.25, 0.3) is 5.91 Å². The van der Waals surface area contributed by atoms with Crippen molar-refractivity contribution in [1.82, 2.24) is 4.98 Å². The monoisotopic (exact) mass is 304 g/mol. The van der Waals surface area contributed by atoms with Crippen LogP contribution in [0.2, 0.25) is 0 Å². The second-order valence-corrected chi connectivity index (χ2v) is 4.76. The minimum absolute atomic E-state index is 0.185. The Labute approximate surface area is 123 Å². The summed E-state index contributed by atoms with van der Waals surface area (Å²) < 4.78 is 38.6. The van der Waals surface area contributed by atoms with E-state index in [-0.39, 0.29) is 17.1 Å². The number of aromatic nitrogens is 1. The Morgan fingerprint density at radius 1 is 0.955 bits per heavy atom.